The Morgan fingerprint density at radius 2 is 0.710 bits per heavy atom. The van der Waals surface area contributed by atoms with Gasteiger partial charge in [0.25, 0.3) is 0 Å². The highest BCUT2D eigenvalue weighted by molar-refractivity contribution is 6.30. The zero-order valence-electron chi connectivity index (χ0n) is 33.9. The number of furan rings is 1. The summed E-state index contributed by atoms with van der Waals surface area (Å²) in [5.41, 5.74) is 14.4. The van der Waals surface area contributed by atoms with Crippen molar-refractivity contribution < 1.29 is 4.42 Å². The highest BCUT2D eigenvalue weighted by Crippen LogP contribution is 2.46. The second kappa shape index (κ2) is 14.8. The highest BCUT2D eigenvalue weighted by atomic mass is 16.3. The summed E-state index contributed by atoms with van der Waals surface area (Å²) in [5, 5.41) is 9.46. The number of nitrogens with zero attached hydrogens (tertiary/aromatic N) is 1. The predicted octanol–water partition coefficient (Wildman–Crippen LogP) is 17.2. The molecule has 0 aliphatic rings. The largest absolute Gasteiger partial charge is 0.455 e. The molecule has 0 unspecified atom stereocenters. The van der Waals surface area contributed by atoms with Gasteiger partial charge in [0.2, 0.25) is 0 Å². The fourth-order valence-corrected chi connectivity index (χ4v) is 9.39. The van der Waals surface area contributed by atoms with E-state index in [0.29, 0.717) is 0 Å². The van der Waals surface area contributed by atoms with Crippen LogP contribution < -0.4 is 4.90 Å². The minimum absolute atomic E-state index is 0.883. The molecule has 0 atom stereocenters. The maximum absolute atomic E-state index is 6.93. The Morgan fingerprint density at radius 3 is 1.31 bits per heavy atom. The molecular weight excluding hydrogens is 751 g/mol. The molecule has 2 heteroatoms. The SMILES string of the molecule is c1ccc(-c2ccc(N(c3ccc(-c4ccccc4)cc3)c3ccc(-c4cc5c(cc4-c4ccc6ccccc6c4)oc4c6ccccc6c6ccccc6c54)cc3)cc2)cc1. The summed E-state index contributed by atoms with van der Waals surface area (Å²) in [4.78, 5) is 2.35. The third-order valence-corrected chi connectivity index (χ3v) is 12.4. The number of hydrogen-bond donors (Lipinski definition) is 0. The molecule has 0 N–H and O–H groups in total. The van der Waals surface area contributed by atoms with E-state index in [-0.39, 0.29) is 0 Å². The Kier molecular flexibility index (Phi) is 8.53. The monoisotopic (exact) mass is 789 g/mol. The molecule has 0 saturated carbocycles. The van der Waals surface area contributed by atoms with Gasteiger partial charge in [-0.1, -0.05) is 182 Å². The van der Waals surface area contributed by atoms with Gasteiger partial charge >= 0.3 is 0 Å². The van der Waals surface area contributed by atoms with Crippen LogP contribution in [0, 0.1) is 0 Å². The molecule has 11 aromatic carbocycles. The molecule has 0 aliphatic carbocycles. The van der Waals surface area contributed by atoms with Crippen molar-refractivity contribution in [3.8, 4) is 44.5 Å². The van der Waals surface area contributed by atoms with Crippen LogP contribution >= 0.6 is 0 Å². The maximum atomic E-state index is 6.93. The smallest absolute Gasteiger partial charge is 0.143 e. The normalized spacial score (nSPS) is 11.5. The summed E-state index contributed by atoms with van der Waals surface area (Å²) in [6.07, 6.45) is 0. The van der Waals surface area contributed by atoms with Gasteiger partial charge in [-0.05, 0) is 126 Å². The second-order valence-electron chi connectivity index (χ2n) is 16.1. The van der Waals surface area contributed by atoms with E-state index >= 15 is 0 Å². The van der Waals surface area contributed by atoms with Gasteiger partial charge in [0.1, 0.15) is 11.2 Å². The van der Waals surface area contributed by atoms with Crippen LogP contribution in [0.25, 0.3) is 98.8 Å². The Hall–Kier alpha value is -8.20. The zero-order chi connectivity index (χ0) is 41.0. The van der Waals surface area contributed by atoms with Crippen molar-refractivity contribution in [2.75, 3.05) is 4.90 Å². The average Bonchev–Trinajstić information content (AvgIpc) is 3.74. The van der Waals surface area contributed by atoms with Crippen molar-refractivity contribution in [2.45, 2.75) is 0 Å². The molecule has 0 bridgehead atoms. The molecule has 12 rings (SSSR count). The maximum Gasteiger partial charge on any atom is 0.143 e. The molecule has 290 valence electrons. The highest BCUT2D eigenvalue weighted by Gasteiger charge is 2.20. The summed E-state index contributed by atoms with van der Waals surface area (Å²) >= 11 is 0. The Balaban J connectivity index is 1.03. The van der Waals surface area contributed by atoms with Crippen LogP contribution in [-0.2, 0) is 0 Å². The van der Waals surface area contributed by atoms with Crippen LogP contribution in [0.15, 0.2) is 241 Å². The molecule has 62 heavy (non-hydrogen) atoms. The molecule has 1 heterocycles. The first-order valence-electron chi connectivity index (χ1n) is 21.2. The van der Waals surface area contributed by atoms with Gasteiger partial charge in [0, 0.05) is 33.2 Å². The molecule has 0 spiro atoms. The first-order chi connectivity index (χ1) is 30.7. The fraction of sp³-hybridized carbons (Fsp3) is 0. The summed E-state index contributed by atoms with van der Waals surface area (Å²) < 4.78 is 6.93. The lowest BCUT2D eigenvalue weighted by Crippen LogP contribution is -2.09. The second-order valence-corrected chi connectivity index (χ2v) is 16.1. The van der Waals surface area contributed by atoms with E-state index in [1.807, 2.05) is 0 Å². The van der Waals surface area contributed by atoms with Gasteiger partial charge < -0.3 is 9.32 Å². The standard InChI is InChI=1S/C60H39NO/c1-3-13-40(14-4-1)43-25-31-48(32-26-43)61(49-33-27-44(28-34-49)41-15-5-2-6-16-41)50-35-29-45(30-36-50)55-38-57-58(39-56(55)47-24-23-42-17-7-8-18-46(42)37-47)62-60-54-22-12-10-20-52(54)51-19-9-11-21-53(51)59(57)60/h1-39H. The van der Waals surface area contributed by atoms with Crippen molar-refractivity contribution in [2.24, 2.45) is 0 Å². The molecule has 1 aromatic heterocycles. The number of hydrogen-bond acceptors (Lipinski definition) is 2. The number of rotatable bonds is 7. The molecule has 0 radical (unpaired) electrons. The van der Waals surface area contributed by atoms with Crippen LogP contribution in [0.5, 0.6) is 0 Å². The minimum atomic E-state index is 0.883. The molecule has 0 amide bonds. The van der Waals surface area contributed by atoms with Gasteiger partial charge in [0.05, 0.1) is 0 Å². The molecular formula is C60H39NO. The van der Waals surface area contributed by atoms with E-state index in [1.165, 1.54) is 49.2 Å². The van der Waals surface area contributed by atoms with E-state index in [2.05, 4.69) is 241 Å². The van der Waals surface area contributed by atoms with Crippen LogP contribution in [0.3, 0.4) is 0 Å². The lowest BCUT2D eigenvalue weighted by atomic mass is 9.90. The lowest BCUT2D eigenvalue weighted by Gasteiger charge is -2.26. The summed E-state index contributed by atoms with van der Waals surface area (Å²) in [6, 6.07) is 85.3. The van der Waals surface area contributed by atoms with Crippen LogP contribution in [0.2, 0.25) is 0 Å². The predicted molar refractivity (Wildman–Crippen MR) is 263 cm³/mol. The minimum Gasteiger partial charge on any atom is -0.455 e. The van der Waals surface area contributed by atoms with Gasteiger partial charge in [-0.3, -0.25) is 0 Å². The van der Waals surface area contributed by atoms with Crippen molar-refractivity contribution in [3.05, 3.63) is 237 Å². The topological polar surface area (TPSA) is 16.4 Å². The van der Waals surface area contributed by atoms with E-state index in [0.717, 1.165) is 66.6 Å². The van der Waals surface area contributed by atoms with E-state index in [1.54, 1.807) is 0 Å². The Bertz CT molecular complexity index is 3510. The first-order valence-corrected chi connectivity index (χ1v) is 21.2. The third kappa shape index (κ3) is 6.12. The van der Waals surface area contributed by atoms with Gasteiger partial charge in [0.15, 0.2) is 0 Å². The van der Waals surface area contributed by atoms with Gasteiger partial charge in [-0.15, -0.1) is 0 Å². The molecule has 0 fully saturated rings. The summed E-state index contributed by atoms with van der Waals surface area (Å²) in [7, 11) is 0. The quantitative estimate of drug-likeness (QED) is 0.150. The molecule has 0 aliphatic heterocycles. The lowest BCUT2D eigenvalue weighted by molar-refractivity contribution is 0.673. The molecule has 12 aromatic rings. The Labute approximate surface area is 360 Å². The summed E-state index contributed by atoms with van der Waals surface area (Å²) in [5.74, 6) is 0. The van der Waals surface area contributed by atoms with Gasteiger partial charge in [-0.25, -0.2) is 0 Å². The molecule has 0 saturated heterocycles. The van der Waals surface area contributed by atoms with Crippen LogP contribution in [0.4, 0.5) is 17.1 Å². The number of fused-ring (bicyclic) bond motifs is 9. The third-order valence-electron chi connectivity index (χ3n) is 12.4. The van der Waals surface area contributed by atoms with E-state index in [4.69, 9.17) is 4.42 Å². The zero-order valence-corrected chi connectivity index (χ0v) is 33.9. The van der Waals surface area contributed by atoms with Crippen molar-refractivity contribution in [1.29, 1.82) is 0 Å². The fourth-order valence-electron chi connectivity index (χ4n) is 9.39. The van der Waals surface area contributed by atoms with Gasteiger partial charge in [-0.2, -0.15) is 0 Å². The van der Waals surface area contributed by atoms with E-state index < -0.39 is 0 Å². The molecule has 2 nitrogen and oxygen atoms in total. The van der Waals surface area contributed by atoms with Crippen LogP contribution in [-0.4, -0.2) is 0 Å². The van der Waals surface area contributed by atoms with Crippen molar-refractivity contribution in [1.82, 2.24) is 0 Å². The van der Waals surface area contributed by atoms with Crippen molar-refractivity contribution in [3.63, 3.8) is 0 Å². The van der Waals surface area contributed by atoms with Crippen LogP contribution in [0.1, 0.15) is 0 Å². The summed E-state index contributed by atoms with van der Waals surface area (Å²) in [6.45, 7) is 0. The van der Waals surface area contributed by atoms with Crippen molar-refractivity contribution >= 4 is 71.3 Å². The van der Waals surface area contributed by atoms with E-state index in [9.17, 15) is 0 Å². The first kappa shape index (κ1) is 35.7. The Morgan fingerprint density at radius 1 is 0.274 bits per heavy atom. The number of benzene rings is 11. The number of anilines is 3. The average molecular weight is 790 g/mol.